The molecule has 4 heterocycles. The second-order valence-corrected chi connectivity index (χ2v) is 9.69. The molecule has 8 heteroatoms. The first kappa shape index (κ1) is 22.6. The van der Waals surface area contributed by atoms with Gasteiger partial charge in [0.05, 0.1) is 33.6 Å². The molecule has 6 nitrogen and oxygen atoms in total. The molecule has 4 aromatic heterocycles. The monoisotopic (exact) mass is 472 g/mol. The van der Waals surface area contributed by atoms with E-state index in [1.807, 2.05) is 26.0 Å². The fraction of sp³-hybridized carbons (Fsp3) is 0.417. The van der Waals surface area contributed by atoms with Gasteiger partial charge in [0.1, 0.15) is 11.4 Å². The molecule has 0 saturated carbocycles. The van der Waals surface area contributed by atoms with Gasteiger partial charge in [-0.25, -0.2) is 9.59 Å². The predicted octanol–water partition coefficient (Wildman–Crippen LogP) is 6.56. The number of rotatable bonds is 9. The van der Waals surface area contributed by atoms with Crippen LogP contribution in [0.15, 0.2) is 24.3 Å². The van der Waals surface area contributed by atoms with E-state index in [1.165, 1.54) is 0 Å². The van der Waals surface area contributed by atoms with Crippen molar-refractivity contribution < 1.29 is 19.1 Å². The molecule has 0 unspecified atom stereocenters. The molecule has 0 aliphatic rings. The third-order valence-electron chi connectivity index (χ3n) is 5.29. The summed E-state index contributed by atoms with van der Waals surface area (Å²) in [6, 6.07) is 8.22. The van der Waals surface area contributed by atoms with Crippen LogP contribution in [0.5, 0.6) is 0 Å². The van der Waals surface area contributed by atoms with Crippen molar-refractivity contribution in [3.8, 4) is 9.75 Å². The van der Waals surface area contributed by atoms with Crippen molar-refractivity contribution in [3.63, 3.8) is 0 Å². The number of thiophene rings is 2. The van der Waals surface area contributed by atoms with Crippen LogP contribution in [0.1, 0.15) is 61.5 Å². The Morgan fingerprint density at radius 3 is 1.47 bits per heavy atom. The Labute approximate surface area is 195 Å². The van der Waals surface area contributed by atoms with Crippen LogP contribution in [0.4, 0.5) is 0 Å². The van der Waals surface area contributed by atoms with E-state index in [2.05, 4.69) is 35.1 Å². The standard InChI is InChI=1S/C24H28N2O4S2/c1-5-9-25-15-11-21(31-19(15)13-17(25)23(27)29-7-3)22-12-16-20(32-22)14-18(24(28)30-8-4)26(16)10-6-2/h11-14H,5-10H2,1-4H3. The number of hydrogen-bond acceptors (Lipinski definition) is 6. The zero-order valence-corrected chi connectivity index (χ0v) is 20.5. The minimum Gasteiger partial charge on any atom is -0.461 e. The maximum Gasteiger partial charge on any atom is 0.355 e. The fourth-order valence-electron chi connectivity index (χ4n) is 4.00. The quantitative estimate of drug-likeness (QED) is 0.259. The number of ether oxygens (including phenoxy) is 2. The zero-order valence-electron chi connectivity index (χ0n) is 18.9. The number of esters is 2. The molecule has 4 rings (SSSR count). The smallest absolute Gasteiger partial charge is 0.355 e. The van der Waals surface area contributed by atoms with Gasteiger partial charge >= 0.3 is 11.9 Å². The summed E-state index contributed by atoms with van der Waals surface area (Å²) in [7, 11) is 0. The van der Waals surface area contributed by atoms with Gasteiger partial charge in [0.25, 0.3) is 0 Å². The van der Waals surface area contributed by atoms with E-state index in [-0.39, 0.29) is 11.9 Å². The van der Waals surface area contributed by atoms with E-state index in [1.54, 1.807) is 22.7 Å². The lowest BCUT2D eigenvalue weighted by Gasteiger charge is -2.08. The van der Waals surface area contributed by atoms with Crippen LogP contribution in [0, 0.1) is 0 Å². The van der Waals surface area contributed by atoms with Gasteiger partial charge in [0, 0.05) is 22.8 Å². The van der Waals surface area contributed by atoms with Crippen molar-refractivity contribution in [1.29, 1.82) is 0 Å². The number of nitrogens with zero attached hydrogens (tertiary/aromatic N) is 2. The summed E-state index contributed by atoms with van der Waals surface area (Å²) in [5, 5.41) is 0. The summed E-state index contributed by atoms with van der Waals surface area (Å²) >= 11 is 3.37. The Bertz CT molecular complexity index is 1180. The highest BCUT2D eigenvalue weighted by molar-refractivity contribution is 7.28. The molecule has 170 valence electrons. The summed E-state index contributed by atoms with van der Waals surface area (Å²) in [5.74, 6) is -0.541. The normalized spacial score (nSPS) is 11.5. The molecular weight excluding hydrogens is 444 g/mol. The summed E-state index contributed by atoms with van der Waals surface area (Å²) in [6.07, 6.45) is 1.87. The van der Waals surface area contributed by atoms with Gasteiger partial charge < -0.3 is 18.6 Å². The van der Waals surface area contributed by atoms with Crippen molar-refractivity contribution in [1.82, 2.24) is 9.13 Å². The Hall–Kier alpha value is -2.58. The lowest BCUT2D eigenvalue weighted by Crippen LogP contribution is -2.12. The zero-order chi connectivity index (χ0) is 22.8. The average Bonchev–Trinajstić information content (AvgIpc) is 3.49. The number of fused-ring (bicyclic) bond motifs is 2. The molecule has 0 aromatic carbocycles. The first-order chi connectivity index (χ1) is 15.5. The van der Waals surface area contributed by atoms with E-state index in [0.717, 1.165) is 56.1 Å². The maximum absolute atomic E-state index is 12.4. The molecule has 0 atom stereocenters. The third-order valence-corrected chi connectivity index (χ3v) is 7.62. The van der Waals surface area contributed by atoms with Crippen LogP contribution >= 0.6 is 22.7 Å². The van der Waals surface area contributed by atoms with Crippen LogP contribution in [-0.2, 0) is 22.6 Å². The van der Waals surface area contributed by atoms with Crippen LogP contribution < -0.4 is 0 Å². The van der Waals surface area contributed by atoms with Gasteiger partial charge in [-0.3, -0.25) is 0 Å². The molecule has 4 aromatic rings. The highest BCUT2D eigenvalue weighted by Crippen LogP contribution is 2.42. The van der Waals surface area contributed by atoms with E-state index in [9.17, 15) is 9.59 Å². The molecule has 0 aliphatic heterocycles. The summed E-state index contributed by atoms with van der Waals surface area (Å²) < 4.78 is 16.8. The van der Waals surface area contributed by atoms with Crippen LogP contribution in [-0.4, -0.2) is 34.3 Å². The summed E-state index contributed by atoms with van der Waals surface area (Å²) in [6.45, 7) is 10.1. The number of carbonyl (C=O) groups excluding carboxylic acids is 2. The fourth-order valence-corrected chi connectivity index (χ4v) is 6.28. The SMILES string of the molecule is CCCn1c(C(=O)OCC)cc2sc(-c3cc4c(cc(C(=O)OCC)n4CCC)s3)cc21. The number of aryl methyl sites for hydroxylation is 2. The highest BCUT2D eigenvalue weighted by atomic mass is 32.1. The van der Waals surface area contributed by atoms with Crippen molar-refractivity contribution in [2.45, 2.75) is 53.6 Å². The van der Waals surface area contributed by atoms with Crippen molar-refractivity contribution in [3.05, 3.63) is 35.7 Å². The largest absolute Gasteiger partial charge is 0.461 e. The molecule has 0 fully saturated rings. The topological polar surface area (TPSA) is 62.5 Å². The maximum atomic E-state index is 12.4. The minimum absolute atomic E-state index is 0.271. The van der Waals surface area contributed by atoms with E-state index >= 15 is 0 Å². The molecule has 0 bridgehead atoms. The Morgan fingerprint density at radius 2 is 1.12 bits per heavy atom. The van der Waals surface area contributed by atoms with Crippen molar-refractivity contribution in [2.24, 2.45) is 0 Å². The van der Waals surface area contributed by atoms with E-state index < -0.39 is 0 Å². The van der Waals surface area contributed by atoms with Gasteiger partial charge in [-0.15, -0.1) is 22.7 Å². The van der Waals surface area contributed by atoms with Crippen molar-refractivity contribution >= 4 is 55.0 Å². The molecule has 0 N–H and O–H groups in total. The Kier molecular flexibility index (Phi) is 6.71. The molecule has 0 spiro atoms. The van der Waals surface area contributed by atoms with Gasteiger partial charge in [-0.2, -0.15) is 0 Å². The summed E-state index contributed by atoms with van der Waals surface area (Å²) in [5.41, 5.74) is 3.37. The van der Waals surface area contributed by atoms with Gasteiger partial charge in [0.2, 0.25) is 0 Å². The number of carbonyl (C=O) groups is 2. The van der Waals surface area contributed by atoms with Gasteiger partial charge in [-0.05, 0) is 51.0 Å². The van der Waals surface area contributed by atoms with Crippen LogP contribution in [0.3, 0.4) is 0 Å². The predicted molar refractivity (Wildman–Crippen MR) is 131 cm³/mol. The molecular formula is C24H28N2O4S2. The average molecular weight is 473 g/mol. The molecule has 0 saturated heterocycles. The molecule has 32 heavy (non-hydrogen) atoms. The first-order valence-electron chi connectivity index (χ1n) is 11.1. The highest BCUT2D eigenvalue weighted by Gasteiger charge is 2.22. The Balaban J connectivity index is 1.76. The molecule has 0 radical (unpaired) electrons. The van der Waals surface area contributed by atoms with Crippen molar-refractivity contribution in [2.75, 3.05) is 13.2 Å². The summed E-state index contributed by atoms with van der Waals surface area (Å²) in [4.78, 5) is 27.1. The lowest BCUT2D eigenvalue weighted by molar-refractivity contribution is 0.0505. The van der Waals surface area contributed by atoms with Crippen LogP contribution in [0.2, 0.25) is 0 Å². The number of hydrogen-bond donors (Lipinski definition) is 0. The number of aromatic nitrogens is 2. The second-order valence-electron chi connectivity index (χ2n) is 7.52. The second kappa shape index (κ2) is 9.50. The van der Waals surface area contributed by atoms with Crippen LogP contribution in [0.25, 0.3) is 30.2 Å². The first-order valence-corrected chi connectivity index (χ1v) is 12.8. The molecule has 0 aliphatic carbocycles. The molecule has 0 amide bonds. The third kappa shape index (κ3) is 3.97. The van der Waals surface area contributed by atoms with Gasteiger partial charge in [-0.1, -0.05) is 13.8 Å². The lowest BCUT2D eigenvalue weighted by atomic mass is 10.3. The van der Waals surface area contributed by atoms with E-state index in [0.29, 0.717) is 24.6 Å². The minimum atomic E-state index is -0.271. The van der Waals surface area contributed by atoms with E-state index in [4.69, 9.17) is 9.47 Å². The van der Waals surface area contributed by atoms with Gasteiger partial charge in [0.15, 0.2) is 0 Å². The Morgan fingerprint density at radius 1 is 0.719 bits per heavy atom.